The predicted octanol–water partition coefficient (Wildman–Crippen LogP) is 3.82. The van der Waals surface area contributed by atoms with Crippen LogP contribution in [0.15, 0.2) is 60.8 Å². The number of nitrogens with zero attached hydrogens (tertiary/aromatic N) is 2. The summed E-state index contributed by atoms with van der Waals surface area (Å²) in [5.41, 5.74) is 1.11. The molecule has 1 amide bonds. The summed E-state index contributed by atoms with van der Waals surface area (Å²) in [6.45, 7) is -1.12. The zero-order valence-corrected chi connectivity index (χ0v) is 15.7. The van der Waals surface area contributed by atoms with Crippen LogP contribution < -0.4 is 0 Å². The molecule has 1 heterocycles. The first-order valence-corrected chi connectivity index (χ1v) is 8.97. The maximum absolute atomic E-state index is 14.0. The van der Waals surface area contributed by atoms with Gasteiger partial charge >= 0.3 is 5.97 Å². The Morgan fingerprint density at radius 3 is 2.50 bits per heavy atom. The molecule has 8 heteroatoms. The Morgan fingerprint density at radius 1 is 1.00 bits per heavy atom. The Morgan fingerprint density at radius 2 is 1.77 bits per heavy atom. The van der Waals surface area contributed by atoms with Gasteiger partial charge in [0.25, 0.3) is 5.91 Å². The number of carboxylic acids is 1. The molecule has 0 fully saturated rings. The van der Waals surface area contributed by atoms with Crippen molar-refractivity contribution in [1.82, 2.24) is 9.88 Å². The second kappa shape index (κ2) is 9.21. The van der Waals surface area contributed by atoms with Crippen molar-refractivity contribution in [2.75, 3.05) is 6.54 Å². The predicted molar refractivity (Wildman–Crippen MR) is 102 cm³/mol. The van der Waals surface area contributed by atoms with Gasteiger partial charge in [0.1, 0.15) is 12.4 Å². The third kappa shape index (κ3) is 5.22. The summed E-state index contributed by atoms with van der Waals surface area (Å²) in [6.07, 6.45) is 1.64. The summed E-state index contributed by atoms with van der Waals surface area (Å²) >= 11 is 0. The molecule has 0 saturated heterocycles. The van der Waals surface area contributed by atoms with Crippen molar-refractivity contribution in [3.05, 3.63) is 101 Å². The van der Waals surface area contributed by atoms with Gasteiger partial charge in [0.05, 0.1) is 0 Å². The number of carboxylic acid groups (broad SMARTS) is 1. The molecule has 3 aromatic rings. The quantitative estimate of drug-likeness (QED) is 0.638. The first kappa shape index (κ1) is 21.0. The van der Waals surface area contributed by atoms with E-state index in [1.165, 1.54) is 42.6 Å². The van der Waals surface area contributed by atoms with Gasteiger partial charge in [-0.05, 0) is 35.9 Å². The molecule has 2 aromatic carbocycles. The highest BCUT2D eigenvalue weighted by molar-refractivity contribution is 5.95. The molecule has 0 radical (unpaired) electrons. The highest BCUT2D eigenvalue weighted by atomic mass is 19.2. The Bertz CT molecular complexity index is 1090. The minimum atomic E-state index is -1.30. The van der Waals surface area contributed by atoms with Crippen molar-refractivity contribution in [3.63, 3.8) is 0 Å². The van der Waals surface area contributed by atoms with Gasteiger partial charge in [0.2, 0.25) is 0 Å². The smallest absolute Gasteiger partial charge is 0.323 e. The Labute approximate surface area is 170 Å². The number of hydrogen-bond acceptors (Lipinski definition) is 3. The number of rotatable bonds is 7. The number of hydrogen-bond donors (Lipinski definition) is 1. The van der Waals surface area contributed by atoms with Crippen molar-refractivity contribution in [2.45, 2.75) is 13.0 Å². The van der Waals surface area contributed by atoms with Crippen LogP contribution in [0, 0.1) is 17.5 Å². The van der Waals surface area contributed by atoms with Crippen LogP contribution >= 0.6 is 0 Å². The van der Waals surface area contributed by atoms with E-state index in [0.29, 0.717) is 11.3 Å². The fraction of sp³-hybridized carbons (Fsp3) is 0.136. The van der Waals surface area contributed by atoms with Crippen LogP contribution in [0.4, 0.5) is 13.2 Å². The van der Waals surface area contributed by atoms with Crippen LogP contribution in [0.1, 0.15) is 27.2 Å². The molecule has 1 aromatic heterocycles. The zero-order valence-electron chi connectivity index (χ0n) is 15.7. The van der Waals surface area contributed by atoms with E-state index < -0.39 is 42.4 Å². The van der Waals surface area contributed by atoms with Crippen LogP contribution in [0.5, 0.6) is 0 Å². The van der Waals surface area contributed by atoms with E-state index in [9.17, 15) is 22.8 Å². The highest BCUT2D eigenvalue weighted by Gasteiger charge is 2.21. The lowest BCUT2D eigenvalue weighted by Crippen LogP contribution is -2.35. The highest BCUT2D eigenvalue weighted by Crippen LogP contribution is 2.17. The second-order valence-electron chi connectivity index (χ2n) is 6.61. The lowest BCUT2D eigenvalue weighted by atomic mass is 10.1. The summed E-state index contributed by atoms with van der Waals surface area (Å²) in [5.74, 6) is -4.60. The largest absolute Gasteiger partial charge is 0.480 e. The normalized spacial score (nSPS) is 10.6. The first-order valence-electron chi connectivity index (χ1n) is 8.97. The van der Waals surface area contributed by atoms with E-state index in [1.807, 2.05) is 0 Å². The van der Waals surface area contributed by atoms with E-state index in [1.54, 1.807) is 12.1 Å². The van der Waals surface area contributed by atoms with E-state index in [-0.39, 0.29) is 17.5 Å². The molecule has 0 atom stereocenters. The van der Waals surface area contributed by atoms with Crippen LogP contribution in [0.3, 0.4) is 0 Å². The van der Waals surface area contributed by atoms with Crippen molar-refractivity contribution in [2.24, 2.45) is 0 Å². The molecular formula is C22H17F3N2O3. The summed E-state index contributed by atoms with van der Waals surface area (Å²) in [6, 6.07) is 12.3. The van der Waals surface area contributed by atoms with Gasteiger partial charge in [-0.1, -0.05) is 24.3 Å². The van der Waals surface area contributed by atoms with Crippen LogP contribution in [0.2, 0.25) is 0 Å². The Hall–Kier alpha value is -3.68. The number of pyridine rings is 1. The molecule has 3 rings (SSSR count). The van der Waals surface area contributed by atoms with Gasteiger partial charge in [-0.15, -0.1) is 0 Å². The number of carbonyl (C=O) groups is 2. The monoisotopic (exact) mass is 414 g/mol. The molecule has 1 N–H and O–H groups in total. The van der Waals surface area contributed by atoms with Crippen molar-refractivity contribution >= 4 is 11.9 Å². The van der Waals surface area contributed by atoms with Crippen LogP contribution in [-0.4, -0.2) is 33.4 Å². The standard InChI is InChI=1S/C22H17F3N2O3/c23-17-5-1-3-14(9-17)10-18-11-15(7-8-26-18)22(30)27(13-20(28)29)12-16-4-2-6-19(24)21(16)25/h1-9,11H,10,12-13H2,(H,28,29). The number of aliphatic carboxylic acids is 1. The molecule has 0 aliphatic carbocycles. The van der Waals surface area contributed by atoms with Crippen molar-refractivity contribution in [3.8, 4) is 0 Å². The fourth-order valence-electron chi connectivity index (χ4n) is 2.99. The minimum Gasteiger partial charge on any atom is -0.480 e. The molecule has 0 bridgehead atoms. The third-order valence-corrected chi connectivity index (χ3v) is 4.34. The maximum Gasteiger partial charge on any atom is 0.323 e. The lowest BCUT2D eigenvalue weighted by Gasteiger charge is -2.21. The number of aromatic nitrogens is 1. The summed E-state index contributed by atoms with van der Waals surface area (Å²) in [5, 5.41) is 9.15. The van der Waals surface area contributed by atoms with E-state index in [4.69, 9.17) is 5.11 Å². The van der Waals surface area contributed by atoms with E-state index in [0.717, 1.165) is 11.0 Å². The second-order valence-corrected chi connectivity index (χ2v) is 6.61. The molecule has 0 aliphatic heterocycles. The Balaban J connectivity index is 1.85. The van der Waals surface area contributed by atoms with Crippen molar-refractivity contribution < 1.29 is 27.9 Å². The molecular weight excluding hydrogens is 397 g/mol. The van der Waals surface area contributed by atoms with Crippen LogP contribution in [-0.2, 0) is 17.8 Å². The third-order valence-electron chi connectivity index (χ3n) is 4.34. The summed E-state index contributed by atoms with van der Waals surface area (Å²) < 4.78 is 40.9. The summed E-state index contributed by atoms with van der Waals surface area (Å²) in [7, 11) is 0. The molecule has 5 nitrogen and oxygen atoms in total. The van der Waals surface area contributed by atoms with Crippen LogP contribution in [0.25, 0.3) is 0 Å². The number of carbonyl (C=O) groups excluding carboxylic acids is 1. The molecule has 0 unspecified atom stereocenters. The molecule has 154 valence electrons. The van der Waals surface area contributed by atoms with Gasteiger partial charge in [0, 0.05) is 36.0 Å². The minimum absolute atomic E-state index is 0.134. The average molecular weight is 414 g/mol. The van der Waals surface area contributed by atoms with Gasteiger partial charge in [0.15, 0.2) is 11.6 Å². The number of amides is 1. The summed E-state index contributed by atoms with van der Waals surface area (Å²) in [4.78, 5) is 29.2. The average Bonchev–Trinajstić information content (AvgIpc) is 2.70. The molecule has 0 saturated carbocycles. The van der Waals surface area contributed by atoms with E-state index >= 15 is 0 Å². The SMILES string of the molecule is O=C(O)CN(Cc1cccc(F)c1F)C(=O)c1ccnc(Cc2cccc(F)c2)c1. The van der Waals surface area contributed by atoms with E-state index in [2.05, 4.69) is 4.98 Å². The zero-order chi connectivity index (χ0) is 21.7. The van der Waals surface area contributed by atoms with Crippen molar-refractivity contribution in [1.29, 1.82) is 0 Å². The van der Waals surface area contributed by atoms with Gasteiger partial charge in [-0.2, -0.15) is 0 Å². The fourth-order valence-corrected chi connectivity index (χ4v) is 2.99. The van der Waals surface area contributed by atoms with Gasteiger partial charge < -0.3 is 10.0 Å². The van der Waals surface area contributed by atoms with Gasteiger partial charge in [-0.25, -0.2) is 13.2 Å². The molecule has 0 spiro atoms. The topological polar surface area (TPSA) is 70.5 Å². The lowest BCUT2D eigenvalue weighted by molar-refractivity contribution is -0.137. The Kier molecular flexibility index (Phi) is 6.46. The number of halogens is 3. The number of benzene rings is 2. The molecule has 0 aliphatic rings. The first-order chi connectivity index (χ1) is 14.3. The molecule has 30 heavy (non-hydrogen) atoms. The van der Waals surface area contributed by atoms with Gasteiger partial charge in [-0.3, -0.25) is 14.6 Å². The maximum atomic E-state index is 14.0.